The van der Waals surface area contributed by atoms with Crippen molar-refractivity contribution in [3.05, 3.63) is 39.9 Å². The predicted molar refractivity (Wildman–Crippen MR) is 68.5 cm³/mol. The number of nitrogens with one attached hydrogen (secondary N) is 1. The van der Waals surface area contributed by atoms with Crippen molar-refractivity contribution in [3.8, 4) is 0 Å². The smallest absolute Gasteiger partial charge is 0.257 e. The van der Waals surface area contributed by atoms with Gasteiger partial charge in [-0.15, -0.1) is 10.2 Å². The van der Waals surface area contributed by atoms with Gasteiger partial charge in [0, 0.05) is 5.56 Å². The van der Waals surface area contributed by atoms with Gasteiger partial charge in [0.25, 0.3) is 5.91 Å². The van der Waals surface area contributed by atoms with Crippen molar-refractivity contribution in [1.29, 1.82) is 0 Å². The van der Waals surface area contributed by atoms with Gasteiger partial charge < -0.3 is 0 Å². The maximum absolute atomic E-state index is 12.0. The van der Waals surface area contributed by atoms with Gasteiger partial charge in [-0.05, 0) is 38.0 Å². The zero-order valence-electron chi connectivity index (χ0n) is 9.94. The highest BCUT2D eigenvalue weighted by atomic mass is 32.1. The lowest BCUT2D eigenvalue weighted by Crippen LogP contribution is -2.13. The van der Waals surface area contributed by atoms with Crippen molar-refractivity contribution in [2.45, 2.75) is 20.8 Å². The number of amides is 1. The van der Waals surface area contributed by atoms with Crippen molar-refractivity contribution in [2.75, 3.05) is 5.32 Å². The van der Waals surface area contributed by atoms with Gasteiger partial charge in [0.05, 0.1) is 0 Å². The van der Waals surface area contributed by atoms with E-state index in [1.54, 1.807) is 0 Å². The number of hydrogen-bond donors (Lipinski definition) is 1. The number of anilines is 1. The number of carbonyl (C=O) groups is 1. The van der Waals surface area contributed by atoms with E-state index in [9.17, 15) is 4.79 Å². The second kappa shape index (κ2) is 4.63. The van der Waals surface area contributed by atoms with Gasteiger partial charge in [0.2, 0.25) is 5.13 Å². The lowest BCUT2D eigenvalue weighted by molar-refractivity contribution is 0.102. The van der Waals surface area contributed by atoms with Crippen LogP contribution in [0.5, 0.6) is 0 Å². The Morgan fingerprint density at radius 1 is 1.24 bits per heavy atom. The number of aromatic nitrogens is 2. The van der Waals surface area contributed by atoms with Crippen LogP contribution < -0.4 is 5.32 Å². The number of rotatable bonds is 2. The molecule has 0 atom stereocenters. The van der Waals surface area contributed by atoms with Crippen molar-refractivity contribution < 1.29 is 4.79 Å². The van der Waals surface area contributed by atoms with Gasteiger partial charge >= 0.3 is 0 Å². The van der Waals surface area contributed by atoms with Crippen molar-refractivity contribution in [2.24, 2.45) is 0 Å². The van der Waals surface area contributed by atoms with Crippen LogP contribution in [0.25, 0.3) is 0 Å². The van der Waals surface area contributed by atoms with Gasteiger partial charge in [-0.1, -0.05) is 23.5 Å². The molecule has 0 bridgehead atoms. The van der Waals surface area contributed by atoms with Gasteiger partial charge in [-0.25, -0.2) is 0 Å². The van der Waals surface area contributed by atoms with Crippen LogP contribution in [-0.4, -0.2) is 16.1 Å². The Morgan fingerprint density at radius 2 is 2.00 bits per heavy atom. The fraction of sp³-hybridized carbons (Fsp3) is 0.250. The molecule has 0 aliphatic carbocycles. The maximum atomic E-state index is 12.0. The summed E-state index contributed by atoms with van der Waals surface area (Å²) in [4.78, 5) is 12.0. The summed E-state index contributed by atoms with van der Waals surface area (Å²) in [5, 5.41) is 11.9. The first-order chi connectivity index (χ1) is 8.08. The molecule has 1 heterocycles. The third kappa shape index (κ3) is 2.50. The second-order valence-electron chi connectivity index (χ2n) is 3.83. The summed E-state index contributed by atoms with van der Waals surface area (Å²) in [6.07, 6.45) is 0. The van der Waals surface area contributed by atoms with Crippen LogP contribution in [-0.2, 0) is 0 Å². The van der Waals surface area contributed by atoms with E-state index in [0.717, 1.165) is 16.1 Å². The summed E-state index contributed by atoms with van der Waals surface area (Å²) in [6.45, 7) is 5.78. The molecule has 1 amide bonds. The molecule has 0 saturated heterocycles. The molecule has 1 aromatic heterocycles. The van der Waals surface area contributed by atoms with Crippen LogP contribution in [0.1, 0.15) is 26.5 Å². The van der Waals surface area contributed by atoms with Crippen LogP contribution in [0.15, 0.2) is 18.2 Å². The summed E-state index contributed by atoms with van der Waals surface area (Å²) in [5.74, 6) is -0.137. The fourth-order valence-electron chi connectivity index (χ4n) is 1.51. The van der Waals surface area contributed by atoms with Gasteiger partial charge in [0.15, 0.2) is 0 Å². The zero-order chi connectivity index (χ0) is 12.4. The molecular weight excluding hydrogens is 234 g/mol. The van der Waals surface area contributed by atoms with E-state index in [0.29, 0.717) is 10.7 Å². The Morgan fingerprint density at radius 3 is 2.65 bits per heavy atom. The van der Waals surface area contributed by atoms with Crippen LogP contribution in [0, 0.1) is 20.8 Å². The molecule has 0 fully saturated rings. The van der Waals surface area contributed by atoms with E-state index in [2.05, 4.69) is 15.5 Å². The molecule has 17 heavy (non-hydrogen) atoms. The Balaban J connectivity index is 2.23. The highest BCUT2D eigenvalue weighted by Crippen LogP contribution is 2.17. The minimum Gasteiger partial charge on any atom is -0.296 e. The molecule has 0 saturated carbocycles. The molecule has 2 aromatic rings. The monoisotopic (exact) mass is 247 g/mol. The molecule has 4 nitrogen and oxygen atoms in total. The van der Waals surface area contributed by atoms with E-state index in [4.69, 9.17) is 0 Å². The molecule has 0 aliphatic heterocycles. The van der Waals surface area contributed by atoms with Crippen LogP contribution in [0.3, 0.4) is 0 Å². The Bertz CT molecular complexity index is 563. The Kier molecular flexibility index (Phi) is 3.19. The SMILES string of the molecule is Cc1nnc(NC(=O)c2cccc(C)c2C)s1. The quantitative estimate of drug-likeness (QED) is 0.887. The minimum atomic E-state index is -0.137. The largest absolute Gasteiger partial charge is 0.296 e. The van der Waals surface area contributed by atoms with E-state index in [1.807, 2.05) is 39.0 Å². The molecule has 0 radical (unpaired) electrons. The highest BCUT2D eigenvalue weighted by Gasteiger charge is 2.12. The molecule has 0 spiro atoms. The van der Waals surface area contributed by atoms with E-state index >= 15 is 0 Å². The first-order valence-corrected chi connectivity index (χ1v) is 6.07. The summed E-state index contributed by atoms with van der Waals surface area (Å²) in [6, 6.07) is 5.68. The summed E-state index contributed by atoms with van der Waals surface area (Å²) < 4.78 is 0. The predicted octanol–water partition coefficient (Wildman–Crippen LogP) is 2.72. The van der Waals surface area contributed by atoms with Gasteiger partial charge in [0.1, 0.15) is 5.01 Å². The highest BCUT2D eigenvalue weighted by molar-refractivity contribution is 7.15. The Labute approximate surface area is 104 Å². The van der Waals surface area contributed by atoms with Crippen LogP contribution in [0.4, 0.5) is 5.13 Å². The molecule has 1 N–H and O–H groups in total. The number of hydrogen-bond acceptors (Lipinski definition) is 4. The van der Waals surface area contributed by atoms with Crippen LogP contribution in [0.2, 0.25) is 0 Å². The fourth-order valence-corrected chi connectivity index (χ4v) is 2.10. The molecule has 5 heteroatoms. The van der Waals surface area contributed by atoms with E-state index in [-0.39, 0.29) is 5.91 Å². The first kappa shape index (κ1) is 11.7. The number of benzene rings is 1. The lowest BCUT2D eigenvalue weighted by Gasteiger charge is -2.07. The van der Waals surface area contributed by atoms with Crippen molar-refractivity contribution in [1.82, 2.24) is 10.2 Å². The maximum Gasteiger partial charge on any atom is 0.257 e. The molecule has 0 unspecified atom stereocenters. The topological polar surface area (TPSA) is 54.9 Å². The number of carbonyl (C=O) groups excluding carboxylic acids is 1. The third-order valence-electron chi connectivity index (χ3n) is 2.60. The average Bonchev–Trinajstić information content (AvgIpc) is 2.68. The van der Waals surface area contributed by atoms with Crippen molar-refractivity contribution >= 4 is 22.4 Å². The minimum absolute atomic E-state index is 0.137. The molecular formula is C12H13N3OS. The molecule has 0 aliphatic rings. The molecule has 1 aromatic carbocycles. The second-order valence-corrected chi connectivity index (χ2v) is 5.01. The lowest BCUT2D eigenvalue weighted by atomic mass is 10.0. The van der Waals surface area contributed by atoms with E-state index < -0.39 is 0 Å². The average molecular weight is 247 g/mol. The zero-order valence-corrected chi connectivity index (χ0v) is 10.8. The summed E-state index contributed by atoms with van der Waals surface area (Å²) in [5.41, 5.74) is 2.77. The Hall–Kier alpha value is -1.75. The summed E-state index contributed by atoms with van der Waals surface area (Å²) >= 11 is 1.37. The summed E-state index contributed by atoms with van der Waals surface area (Å²) in [7, 11) is 0. The number of nitrogens with zero attached hydrogens (tertiary/aromatic N) is 2. The van der Waals surface area contributed by atoms with Crippen LogP contribution >= 0.6 is 11.3 Å². The van der Waals surface area contributed by atoms with Gasteiger partial charge in [-0.2, -0.15) is 0 Å². The normalized spacial score (nSPS) is 10.3. The third-order valence-corrected chi connectivity index (χ3v) is 3.35. The molecule has 2 rings (SSSR count). The first-order valence-electron chi connectivity index (χ1n) is 5.25. The number of aryl methyl sites for hydroxylation is 2. The molecule has 88 valence electrons. The standard InChI is InChI=1S/C12H13N3OS/c1-7-5-4-6-10(8(7)2)11(16)13-12-15-14-9(3)17-12/h4-6H,1-3H3,(H,13,15,16). The van der Waals surface area contributed by atoms with Gasteiger partial charge in [-0.3, -0.25) is 10.1 Å². The van der Waals surface area contributed by atoms with E-state index in [1.165, 1.54) is 11.3 Å². The van der Waals surface area contributed by atoms with Crippen molar-refractivity contribution in [3.63, 3.8) is 0 Å².